The second-order valence-electron chi connectivity index (χ2n) is 10.6. The molecule has 8 nitrogen and oxygen atoms in total. The van der Waals surface area contributed by atoms with E-state index in [-0.39, 0.29) is 23.0 Å². The van der Waals surface area contributed by atoms with Crippen LogP contribution in [0.4, 0.5) is 24.7 Å². The van der Waals surface area contributed by atoms with Crippen molar-refractivity contribution in [3.63, 3.8) is 0 Å². The number of anilines is 2. The molecule has 0 bridgehead atoms. The Hall–Kier alpha value is -4.69. The monoisotopic (exact) mass is 572 g/mol. The lowest BCUT2D eigenvalue weighted by molar-refractivity contribution is -0.177. The second-order valence-corrected chi connectivity index (χ2v) is 10.6. The molecule has 4 aromatic rings. The van der Waals surface area contributed by atoms with Gasteiger partial charge in [-0.05, 0) is 30.0 Å². The molecule has 2 N–H and O–H groups in total. The van der Waals surface area contributed by atoms with Crippen LogP contribution in [0.25, 0.3) is 0 Å². The highest BCUT2D eigenvalue weighted by molar-refractivity contribution is 5.97. The van der Waals surface area contributed by atoms with Gasteiger partial charge in [0.05, 0.1) is 23.1 Å². The van der Waals surface area contributed by atoms with Gasteiger partial charge in [0.1, 0.15) is 30.0 Å². The van der Waals surface area contributed by atoms with E-state index in [0.717, 1.165) is 16.8 Å². The van der Waals surface area contributed by atoms with Gasteiger partial charge in [0, 0.05) is 30.8 Å². The smallest absolute Gasteiger partial charge is 0.382 e. The lowest BCUT2D eigenvalue weighted by Crippen LogP contribution is -2.45. The number of amides is 1. The Balaban J connectivity index is 1.46. The van der Waals surface area contributed by atoms with Crippen molar-refractivity contribution in [3.8, 4) is 6.07 Å². The maximum Gasteiger partial charge on any atom is 0.398 e. The van der Waals surface area contributed by atoms with Crippen molar-refractivity contribution in [3.05, 3.63) is 107 Å². The van der Waals surface area contributed by atoms with Gasteiger partial charge in [-0.15, -0.1) is 0 Å². The molecule has 1 fully saturated rings. The van der Waals surface area contributed by atoms with E-state index < -0.39 is 30.1 Å². The van der Waals surface area contributed by atoms with E-state index in [2.05, 4.69) is 16.4 Å². The largest absolute Gasteiger partial charge is 0.398 e. The Morgan fingerprint density at radius 3 is 2.19 bits per heavy atom. The average Bonchev–Trinajstić information content (AvgIpc) is 3.36. The number of pyridine rings is 1. The summed E-state index contributed by atoms with van der Waals surface area (Å²) in [5, 5.41) is 27.2. The van der Waals surface area contributed by atoms with Crippen molar-refractivity contribution in [2.45, 2.75) is 43.0 Å². The number of nitriles is 1. The molecule has 0 radical (unpaired) electrons. The van der Waals surface area contributed by atoms with Crippen LogP contribution >= 0.6 is 0 Å². The fourth-order valence-electron chi connectivity index (χ4n) is 6.05. The first-order valence-electron chi connectivity index (χ1n) is 13.6. The zero-order valence-electron chi connectivity index (χ0n) is 22.4. The number of alkyl halides is 3. The fraction of sp³-hybridized carbons (Fsp3) is 0.290. The normalized spacial score (nSPS) is 19.3. The fourth-order valence-corrected chi connectivity index (χ4v) is 6.05. The van der Waals surface area contributed by atoms with Crippen molar-refractivity contribution < 1.29 is 23.1 Å². The topological polar surface area (TPSA) is 107 Å². The van der Waals surface area contributed by atoms with Gasteiger partial charge in [0.25, 0.3) is 5.91 Å². The van der Waals surface area contributed by atoms with Gasteiger partial charge in [-0.3, -0.25) is 9.78 Å². The molecule has 0 saturated carbocycles. The summed E-state index contributed by atoms with van der Waals surface area (Å²) in [5.74, 6) is -3.93. The summed E-state index contributed by atoms with van der Waals surface area (Å²) >= 11 is 0. The molecular formula is C31H27F3N6O2. The number of fused-ring (bicyclic) bond motifs is 1. The minimum absolute atomic E-state index is 0.0475. The number of rotatable bonds is 5. The first kappa shape index (κ1) is 27.5. The van der Waals surface area contributed by atoms with E-state index in [4.69, 9.17) is 5.10 Å². The maximum absolute atomic E-state index is 14.6. The van der Waals surface area contributed by atoms with E-state index in [1.807, 2.05) is 65.6 Å². The van der Waals surface area contributed by atoms with Crippen molar-refractivity contribution in [1.29, 1.82) is 5.26 Å². The lowest BCUT2D eigenvalue weighted by atomic mass is 9.82. The molecule has 2 aliphatic heterocycles. The Kier molecular flexibility index (Phi) is 7.16. The van der Waals surface area contributed by atoms with E-state index in [0.29, 0.717) is 31.5 Å². The predicted molar refractivity (Wildman–Crippen MR) is 149 cm³/mol. The Morgan fingerprint density at radius 2 is 1.62 bits per heavy atom. The molecular weight excluding hydrogens is 545 g/mol. The number of carbonyl (C=O) groups is 1. The van der Waals surface area contributed by atoms with Crippen molar-refractivity contribution in [1.82, 2.24) is 14.8 Å². The summed E-state index contributed by atoms with van der Waals surface area (Å²) in [7, 11) is 0. The first-order chi connectivity index (χ1) is 20.3. The molecule has 1 amide bonds. The third kappa shape index (κ3) is 4.99. The zero-order chi connectivity index (χ0) is 29.4. The molecule has 214 valence electrons. The molecule has 4 heterocycles. The minimum atomic E-state index is -4.88. The van der Waals surface area contributed by atoms with Gasteiger partial charge >= 0.3 is 6.18 Å². The Bertz CT molecular complexity index is 1590. The number of carbonyl (C=O) groups excluding carboxylic acids is 1. The average molecular weight is 573 g/mol. The lowest BCUT2D eigenvalue weighted by Gasteiger charge is -2.35. The highest BCUT2D eigenvalue weighted by atomic mass is 19.4. The number of nitrogens with zero attached hydrogens (tertiary/aromatic N) is 5. The number of aliphatic hydroxyl groups is 1. The molecule has 0 unspecified atom stereocenters. The zero-order valence-corrected chi connectivity index (χ0v) is 22.4. The van der Waals surface area contributed by atoms with Crippen LogP contribution in [0.1, 0.15) is 58.7 Å². The van der Waals surface area contributed by atoms with Gasteiger partial charge in [-0.2, -0.15) is 23.5 Å². The van der Waals surface area contributed by atoms with Crippen LogP contribution in [0.5, 0.6) is 0 Å². The van der Waals surface area contributed by atoms with Gasteiger partial charge in [-0.25, -0.2) is 4.68 Å². The summed E-state index contributed by atoms with van der Waals surface area (Å²) < 4.78 is 45.2. The maximum atomic E-state index is 14.6. The third-order valence-corrected chi connectivity index (χ3v) is 8.04. The van der Waals surface area contributed by atoms with E-state index in [1.54, 1.807) is 12.3 Å². The molecule has 0 aliphatic carbocycles. The number of nitrogens with one attached hydrogen (secondary N) is 1. The summed E-state index contributed by atoms with van der Waals surface area (Å²) in [6.45, 7) is 1.02. The van der Waals surface area contributed by atoms with Crippen LogP contribution < -0.4 is 10.2 Å². The molecule has 0 spiro atoms. The van der Waals surface area contributed by atoms with Gasteiger partial charge in [0.15, 0.2) is 0 Å². The van der Waals surface area contributed by atoms with E-state index >= 15 is 0 Å². The van der Waals surface area contributed by atoms with Crippen LogP contribution in [0.3, 0.4) is 0 Å². The summed E-state index contributed by atoms with van der Waals surface area (Å²) in [6, 6.07) is 21.7. The van der Waals surface area contributed by atoms with Crippen LogP contribution in [0.2, 0.25) is 0 Å². The molecule has 2 aliphatic rings. The number of piperidine rings is 1. The van der Waals surface area contributed by atoms with E-state index in [1.165, 1.54) is 10.9 Å². The molecule has 42 heavy (non-hydrogen) atoms. The van der Waals surface area contributed by atoms with Crippen molar-refractivity contribution >= 4 is 17.4 Å². The van der Waals surface area contributed by atoms with Gasteiger partial charge in [-0.1, -0.05) is 60.7 Å². The van der Waals surface area contributed by atoms with Crippen molar-refractivity contribution in [2.75, 3.05) is 23.3 Å². The summed E-state index contributed by atoms with van der Waals surface area (Å²) in [5.41, 5.74) is 2.80. The van der Waals surface area contributed by atoms with Crippen LogP contribution in [0, 0.1) is 11.3 Å². The summed E-state index contributed by atoms with van der Waals surface area (Å²) in [6.07, 6.45) is -3.07. The molecule has 2 aromatic heterocycles. The van der Waals surface area contributed by atoms with Crippen LogP contribution in [-0.2, 0) is 4.79 Å². The highest BCUT2D eigenvalue weighted by Crippen LogP contribution is 2.49. The molecule has 2 aromatic carbocycles. The molecule has 11 heteroatoms. The Morgan fingerprint density at radius 1 is 1.00 bits per heavy atom. The second kappa shape index (κ2) is 10.9. The standard InChI is InChI=1S/C31H27F3N6O2/c32-31(33,34)25-24-26(20-11-13-39(14-12-20)23-15-19(16-35)17-36-18-23)38-40(29(24)37-30(42)28(25)41)27(21-7-3-1-4-8-21)22-9-5-2-6-10-22/h1-10,15,17-18,20,25,27-28,41H,11-14H2,(H,37,42)/t25-,28-/m1/s1. The number of hydrogen-bond acceptors (Lipinski definition) is 6. The molecule has 2 atom stereocenters. The van der Waals surface area contributed by atoms with Crippen LogP contribution in [-0.4, -0.2) is 51.1 Å². The number of aromatic nitrogens is 3. The highest BCUT2D eigenvalue weighted by Gasteiger charge is 2.54. The third-order valence-electron chi connectivity index (χ3n) is 8.04. The SMILES string of the molecule is N#Cc1cncc(N2CCC(c3nn(C(c4ccccc4)c4ccccc4)c4c3[C@@H](C(F)(F)F)[C@@H](O)C(=O)N4)CC2)c1. The minimum Gasteiger partial charge on any atom is -0.382 e. The van der Waals surface area contributed by atoms with E-state index in [9.17, 15) is 28.3 Å². The number of aliphatic hydroxyl groups excluding tert-OH is 1. The van der Waals surface area contributed by atoms with Gasteiger partial charge in [0.2, 0.25) is 0 Å². The van der Waals surface area contributed by atoms with Gasteiger partial charge < -0.3 is 15.3 Å². The predicted octanol–water partition coefficient (Wildman–Crippen LogP) is 5.13. The molecule has 1 saturated heterocycles. The number of halogens is 3. The number of benzene rings is 2. The summed E-state index contributed by atoms with van der Waals surface area (Å²) in [4.78, 5) is 18.9. The molecule has 6 rings (SSSR count). The Labute approximate surface area is 240 Å². The van der Waals surface area contributed by atoms with Crippen LogP contribution in [0.15, 0.2) is 79.1 Å². The number of hydrogen-bond donors (Lipinski definition) is 2. The quantitative estimate of drug-likeness (QED) is 0.344. The van der Waals surface area contributed by atoms with Crippen molar-refractivity contribution in [2.24, 2.45) is 0 Å². The first-order valence-corrected chi connectivity index (χ1v) is 13.6.